The van der Waals surface area contributed by atoms with E-state index in [-0.39, 0.29) is 0 Å². The molecule has 0 unspecified atom stereocenters. The Hall–Kier alpha value is -1.23. The van der Waals surface area contributed by atoms with Crippen molar-refractivity contribution in [1.29, 1.82) is 0 Å². The largest absolute Gasteiger partial charge is 0.363 e. The number of thiophene rings is 1. The summed E-state index contributed by atoms with van der Waals surface area (Å²) in [6.07, 6.45) is 9.54. The van der Waals surface area contributed by atoms with Crippen molar-refractivity contribution in [3.63, 3.8) is 0 Å². The topological polar surface area (TPSA) is 39.7 Å². The van der Waals surface area contributed by atoms with Gasteiger partial charge in [-0.25, -0.2) is 0 Å². The fourth-order valence-corrected chi connectivity index (χ4v) is 5.18. The zero-order valence-electron chi connectivity index (χ0n) is 14.8. The van der Waals surface area contributed by atoms with Gasteiger partial charge in [-0.1, -0.05) is 6.42 Å². The van der Waals surface area contributed by atoms with Gasteiger partial charge in [0.05, 0.1) is 5.00 Å². The minimum absolute atomic E-state index is 0.547. The minimum atomic E-state index is 0.547. The van der Waals surface area contributed by atoms with Gasteiger partial charge in [0, 0.05) is 32.7 Å². The van der Waals surface area contributed by atoms with Crippen LogP contribution >= 0.6 is 11.3 Å². The standard InChI is InChI=1S/C19H30N4S/c1-20-18(21-14-19(9-3-10-19)15-5-6-15)22-16-7-11-23(12-8-16)17-4-2-13-24-17/h2,4,13,15-16H,3,5-12,14H2,1H3,(H2,20,21,22). The van der Waals surface area contributed by atoms with Gasteiger partial charge in [-0.15, -0.1) is 11.3 Å². The molecule has 24 heavy (non-hydrogen) atoms. The van der Waals surface area contributed by atoms with Gasteiger partial charge in [0.1, 0.15) is 0 Å². The summed E-state index contributed by atoms with van der Waals surface area (Å²) in [5.41, 5.74) is 0.597. The number of guanidine groups is 1. The van der Waals surface area contributed by atoms with Crippen molar-refractivity contribution in [1.82, 2.24) is 10.6 Å². The molecule has 2 heterocycles. The highest BCUT2D eigenvalue weighted by molar-refractivity contribution is 7.14. The van der Waals surface area contributed by atoms with Crippen molar-refractivity contribution in [2.75, 3.05) is 31.6 Å². The molecule has 1 aromatic rings. The molecule has 0 aromatic carbocycles. The number of rotatable bonds is 5. The van der Waals surface area contributed by atoms with Crippen molar-refractivity contribution >= 4 is 22.3 Å². The molecule has 2 aliphatic carbocycles. The molecule has 0 atom stereocenters. The van der Waals surface area contributed by atoms with Crippen molar-refractivity contribution < 1.29 is 0 Å². The van der Waals surface area contributed by atoms with E-state index in [2.05, 4.69) is 38.0 Å². The Kier molecular flexibility index (Phi) is 4.70. The van der Waals surface area contributed by atoms with Gasteiger partial charge in [-0.05, 0) is 67.4 Å². The normalized spacial score (nSPS) is 24.5. The molecule has 4 nitrogen and oxygen atoms in total. The summed E-state index contributed by atoms with van der Waals surface area (Å²) in [6.45, 7) is 3.40. The highest BCUT2D eigenvalue weighted by atomic mass is 32.1. The number of aliphatic imine (C=N–C) groups is 1. The first-order chi connectivity index (χ1) is 11.8. The molecule has 3 aliphatic rings. The number of nitrogens with zero attached hydrogens (tertiary/aromatic N) is 2. The van der Waals surface area contributed by atoms with E-state index in [1.807, 2.05) is 18.4 Å². The van der Waals surface area contributed by atoms with Crippen LogP contribution in [0.2, 0.25) is 0 Å². The molecule has 2 saturated carbocycles. The van der Waals surface area contributed by atoms with Crippen molar-refractivity contribution in [3.8, 4) is 0 Å². The molecule has 0 spiro atoms. The van der Waals surface area contributed by atoms with Crippen LogP contribution in [-0.2, 0) is 0 Å². The smallest absolute Gasteiger partial charge is 0.191 e. The Balaban J connectivity index is 1.24. The van der Waals surface area contributed by atoms with Gasteiger partial charge in [-0.2, -0.15) is 0 Å². The zero-order chi connectivity index (χ0) is 16.4. The molecule has 0 radical (unpaired) electrons. The minimum Gasteiger partial charge on any atom is -0.363 e. The Labute approximate surface area is 149 Å². The van der Waals surface area contributed by atoms with E-state index in [0.29, 0.717) is 11.5 Å². The first-order valence-electron chi connectivity index (χ1n) is 9.55. The van der Waals surface area contributed by atoms with E-state index in [1.165, 1.54) is 49.9 Å². The van der Waals surface area contributed by atoms with Gasteiger partial charge >= 0.3 is 0 Å². The van der Waals surface area contributed by atoms with Crippen LogP contribution in [0.4, 0.5) is 5.00 Å². The predicted molar refractivity (Wildman–Crippen MR) is 103 cm³/mol. The monoisotopic (exact) mass is 346 g/mol. The average molecular weight is 347 g/mol. The Morgan fingerprint density at radius 1 is 1.29 bits per heavy atom. The maximum absolute atomic E-state index is 4.48. The number of hydrogen-bond donors (Lipinski definition) is 2. The predicted octanol–water partition coefficient (Wildman–Crippen LogP) is 3.46. The van der Waals surface area contributed by atoms with Crippen LogP contribution in [0, 0.1) is 11.3 Å². The quantitative estimate of drug-likeness (QED) is 0.633. The average Bonchev–Trinajstić information content (AvgIpc) is 3.27. The number of anilines is 1. The lowest BCUT2D eigenvalue weighted by Crippen LogP contribution is -2.52. The number of piperidine rings is 1. The fraction of sp³-hybridized carbons (Fsp3) is 0.737. The van der Waals surface area contributed by atoms with E-state index in [1.54, 1.807) is 0 Å². The third kappa shape index (κ3) is 3.41. The van der Waals surface area contributed by atoms with Crippen LogP contribution in [0.15, 0.2) is 22.5 Å². The van der Waals surface area contributed by atoms with Crippen LogP contribution in [0.25, 0.3) is 0 Å². The molecule has 3 fully saturated rings. The van der Waals surface area contributed by atoms with E-state index >= 15 is 0 Å². The van der Waals surface area contributed by atoms with E-state index < -0.39 is 0 Å². The molecule has 0 amide bonds. The summed E-state index contributed by atoms with van der Waals surface area (Å²) in [6, 6.07) is 4.92. The second kappa shape index (κ2) is 6.95. The molecule has 0 bridgehead atoms. The van der Waals surface area contributed by atoms with E-state index in [9.17, 15) is 0 Å². The first-order valence-corrected chi connectivity index (χ1v) is 10.4. The van der Waals surface area contributed by atoms with Gasteiger partial charge in [0.15, 0.2) is 5.96 Å². The molecule has 1 aliphatic heterocycles. The van der Waals surface area contributed by atoms with Crippen LogP contribution in [0.5, 0.6) is 0 Å². The van der Waals surface area contributed by atoms with Gasteiger partial charge in [-0.3, -0.25) is 4.99 Å². The Morgan fingerprint density at radius 3 is 2.62 bits per heavy atom. The SMILES string of the molecule is CN=C(NCC1(C2CC2)CCC1)NC1CCN(c2cccs2)CC1. The molecule has 4 rings (SSSR count). The summed E-state index contributed by atoms with van der Waals surface area (Å²) in [4.78, 5) is 6.98. The highest BCUT2D eigenvalue weighted by Gasteiger charge is 2.48. The highest BCUT2D eigenvalue weighted by Crippen LogP contribution is 2.56. The molecule has 1 aromatic heterocycles. The second-order valence-electron chi connectivity index (χ2n) is 7.77. The van der Waals surface area contributed by atoms with Crippen molar-refractivity contribution in [2.24, 2.45) is 16.3 Å². The van der Waals surface area contributed by atoms with E-state index in [4.69, 9.17) is 0 Å². The lowest BCUT2D eigenvalue weighted by Gasteiger charge is -2.43. The van der Waals surface area contributed by atoms with Crippen LogP contribution < -0.4 is 15.5 Å². The summed E-state index contributed by atoms with van der Waals surface area (Å²) in [5.74, 6) is 2.00. The van der Waals surface area contributed by atoms with Crippen molar-refractivity contribution in [3.05, 3.63) is 17.5 Å². The van der Waals surface area contributed by atoms with Gasteiger partial charge in [0.25, 0.3) is 0 Å². The molecular weight excluding hydrogens is 316 g/mol. The summed E-state index contributed by atoms with van der Waals surface area (Å²) in [7, 11) is 1.90. The van der Waals surface area contributed by atoms with Crippen LogP contribution in [0.3, 0.4) is 0 Å². The number of hydrogen-bond acceptors (Lipinski definition) is 3. The lowest BCUT2D eigenvalue weighted by atomic mass is 9.65. The molecule has 5 heteroatoms. The molecule has 132 valence electrons. The molecule has 1 saturated heterocycles. The van der Waals surface area contributed by atoms with Gasteiger partial charge < -0.3 is 15.5 Å². The third-order valence-electron chi connectivity index (χ3n) is 6.28. The second-order valence-corrected chi connectivity index (χ2v) is 8.70. The van der Waals surface area contributed by atoms with Crippen LogP contribution in [0.1, 0.15) is 44.9 Å². The van der Waals surface area contributed by atoms with Crippen LogP contribution in [-0.4, -0.2) is 38.7 Å². The maximum atomic E-state index is 4.48. The van der Waals surface area contributed by atoms with E-state index in [0.717, 1.165) is 31.5 Å². The van der Waals surface area contributed by atoms with Crippen molar-refractivity contribution in [2.45, 2.75) is 51.0 Å². The summed E-state index contributed by atoms with van der Waals surface area (Å²) in [5, 5.41) is 10.9. The molecule has 2 N–H and O–H groups in total. The zero-order valence-corrected chi connectivity index (χ0v) is 15.6. The fourth-order valence-electron chi connectivity index (χ4n) is 4.40. The van der Waals surface area contributed by atoms with Gasteiger partial charge in [0.2, 0.25) is 0 Å². The number of nitrogens with one attached hydrogen (secondary N) is 2. The Bertz CT molecular complexity index is 552. The third-order valence-corrected chi connectivity index (χ3v) is 7.21. The Morgan fingerprint density at radius 2 is 2.08 bits per heavy atom. The lowest BCUT2D eigenvalue weighted by molar-refractivity contribution is 0.105. The summed E-state index contributed by atoms with van der Waals surface area (Å²) < 4.78 is 0. The summed E-state index contributed by atoms with van der Waals surface area (Å²) >= 11 is 1.85. The maximum Gasteiger partial charge on any atom is 0.191 e. The molecular formula is C19H30N4S. The first kappa shape index (κ1) is 16.2.